The van der Waals surface area contributed by atoms with Crippen molar-refractivity contribution in [3.05, 3.63) is 53.6 Å². The molecule has 2 fully saturated rings. The van der Waals surface area contributed by atoms with E-state index in [1.165, 1.54) is 28.9 Å². The van der Waals surface area contributed by atoms with Gasteiger partial charge in [0, 0.05) is 25.3 Å². The zero-order chi connectivity index (χ0) is 32.4. The van der Waals surface area contributed by atoms with Crippen molar-refractivity contribution in [3.8, 4) is 5.88 Å². The molecule has 3 aromatic heterocycles. The van der Waals surface area contributed by atoms with Crippen molar-refractivity contribution in [1.82, 2.24) is 30.2 Å². The van der Waals surface area contributed by atoms with Gasteiger partial charge in [-0.05, 0) is 55.2 Å². The number of pyridine rings is 1. The monoisotopic (exact) mass is 644 g/mol. The van der Waals surface area contributed by atoms with Gasteiger partial charge in [0.05, 0.1) is 36.6 Å². The number of aromatic nitrogens is 4. The van der Waals surface area contributed by atoms with Crippen molar-refractivity contribution >= 4 is 17.5 Å². The Labute approximate surface area is 252 Å². The van der Waals surface area contributed by atoms with E-state index < -0.39 is 67.8 Å². The predicted molar refractivity (Wildman–Crippen MR) is 145 cm³/mol. The van der Waals surface area contributed by atoms with E-state index >= 15 is 0 Å². The molecule has 3 aromatic rings. The van der Waals surface area contributed by atoms with Gasteiger partial charge in [0.25, 0.3) is 12.3 Å². The molecule has 2 aliphatic rings. The molecule has 3 heterocycles. The minimum Gasteiger partial charge on any atom is -0.472 e. The molecule has 2 atom stereocenters. The number of amides is 2. The minimum absolute atomic E-state index is 0.0300. The van der Waals surface area contributed by atoms with E-state index in [1.54, 1.807) is 12.3 Å². The Morgan fingerprint density at radius 3 is 2.40 bits per heavy atom. The Morgan fingerprint density at radius 2 is 1.73 bits per heavy atom. The fraction of sp³-hybridized carbons (Fsp3) is 0.552. The van der Waals surface area contributed by atoms with E-state index in [2.05, 4.69) is 25.7 Å². The first-order chi connectivity index (χ1) is 21.3. The Balaban J connectivity index is 1.38. The fourth-order valence-electron chi connectivity index (χ4n) is 5.45. The van der Waals surface area contributed by atoms with Crippen LogP contribution in [-0.4, -0.2) is 56.5 Å². The maximum atomic E-state index is 14.0. The number of rotatable bonds is 12. The van der Waals surface area contributed by atoms with E-state index in [4.69, 9.17) is 4.74 Å². The van der Waals surface area contributed by atoms with Crippen LogP contribution in [0.2, 0.25) is 0 Å². The molecular formula is C29H31F7N6O3. The Hall–Kier alpha value is -3.98. The van der Waals surface area contributed by atoms with E-state index in [0.29, 0.717) is 16.9 Å². The second-order valence-electron chi connectivity index (χ2n) is 11.5. The van der Waals surface area contributed by atoms with Crippen molar-refractivity contribution in [3.63, 3.8) is 0 Å². The molecule has 0 bridgehead atoms. The lowest BCUT2D eigenvalue weighted by Gasteiger charge is -2.33. The summed E-state index contributed by atoms with van der Waals surface area (Å²) in [5.41, 5.74) is 1.06. The van der Waals surface area contributed by atoms with Crippen LogP contribution >= 0.6 is 0 Å². The SMILES string of the molecule is O=C(CCC(F)(F)F)N[C@@H](c1cnn2cc([C@@H](NC(=O)c3cccc(OCC(F)F)n3)C3CCC(F)(F)CC3)nc2c1)C1CC1. The topological polar surface area (TPSA) is 111 Å². The lowest BCUT2D eigenvalue weighted by molar-refractivity contribution is -0.144. The van der Waals surface area contributed by atoms with E-state index in [9.17, 15) is 40.3 Å². The largest absolute Gasteiger partial charge is 0.472 e. The highest BCUT2D eigenvalue weighted by atomic mass is 19.4. The number of nitrogens with one attached hydrogen (secondary N) is 2. The van der Waals surface area contributed by atoms with Crippen LogP contribution in [0.15, 0.2) is 36.7 Å². The molecule has 0 aromatic carbocycles. The average Bonchev–Trinajstić information content (AvgIpc) is 3.74. The third kappa shape index (κ3) is 8.81. The van der Waals surface area contributed by atoms with Crippen molar-refractivity contribution < 1.29 is 45.1 Å². The van der Waals surface area contributed by atoms with Gasteiger partial charge in [0.1, 0.15) is 5.69 Å². The van der Waals surface area contributed by atoms with Gasteiger partial charge in [0.2, 0.25) is 17.7 Å². The van der Waals surface area contributed by atoms with Gasteiger partial charge in [-0.25, -0.2) is 32.0 Å². The van der Waals surface area contributed by atoms with Gasteiger partial charge >= 0.3 is 6.18 Å². The van der Waals surface area contributed by atoms with Crippen molar-refractivity contribution in [2.45, 2.75) is 82.0 Å². The molecule has 2 N–H and O–H groups in total. The molecule has 9 nitrogen and oxygen atoms in total. The summed E-state index contributed by atoms with van der Waals surface area (Å²) in [6.45, 7) is -0.911. The molecule has 2 amide bonds. The summed E-state index contributed by atoms with van der Waals surface area (Å²) in [6.07, 6.45) is -5.16. The van der Waals surface area contributed by atoms with Crippen LogP contribution in [0.25, 0.3) is 5.65 Å². The smallest absolute Gasteiger partial charge is 0.389 e. The van der Waals surface area contributed by atoms with Gasteiger partial charge in [-0.1, -0.05) is 6.07 Å². The zero-order valence-electron chi connectivity index (χ0n) is 23.9. The van der Waals surface area contributed by atoms with Crippen LogP contribution in [0.4, 0.5) is 30.7 Å². The Kier molecular flexibility index (Phi) is 9.49. The van der Waals surface area contributed by atoms with E-state index in [-0.39, 0.29) is 43.2 Å². The Morgan fingerprint density at radius 1 is 1.02 bits per heavy atom. The first-order valence-electron chi connectivity index (χ1n) is 14.5. The summed E-state index contributed by atoms with van der Waals surface area (Å²) >= 11 is 0. The lowest BCUT2D eigenvalue weighted by Crippen LogP contribution is -2.37. The van der Waals surface area contributed by atoms with Crippen LogP contribution in [0, 0.1) is 11.8 Å². The second-order valence-corrected chi connectivity index (χ2v) is 11.5. The maximum absolute atomic E-state index is 14.0. The van der Waals surface area contributed by atoms with Crippen molar-refractivity contribution in [1.29, 1.82) is 0 Å². The number of hydrogen-bond acceptors (Lipinski definition) is 6. The maximum Gasteiger partial charge on any atom is 0.389 e. The number of ether oxygens (including phenoxy) is 1. The van der Waals surface area contributed by atoms with Gasteiger partial charge in [0.15, 0.2) is 12.3 Å². The second kappa shape index (κ2) is 13.2. The highest BCUT2D eigenvalue weighted by Crippen LogP contribution is 2.43. The summed E-state index contributed by atoms with van der Waals surface area (Å²) < 4.78 is 97.3. The molecule has 5 rings (SSSR count). The average molecular weight is 645 g/mol. The Bertz CT molecular complexity index is 1500. The molecule has 16 heteroatoms. The molecule has 45 heavy (non-hydrogen) atoms. The van der Waals surface area contributed by atoms with Crippen LogP contribution in [0.5, 0.6) is 5.88 Å². The highest BCUT2D eigenvalue weighted by molar-refractivity contribution is 5.92. The van der Waals surface area contributed by atoms with Crippen LogP contribution in [0.3, 0.4) is 0 Å². The molecule has 0 spiro atoms. The predicted octanol–water partition coefficient (Wildman–Crippen LogP) is 5.97. The molecular weight excluding hydrogens is 613 g/mol. The first-order valence-corrected chi connectivity index (χ1v) is 14.5. The van der Waals surface area contributed by atoms with Crippen molar-refractivity contribution in [2.75, 3.05) is 6.61 Å². The standard InChI is InChI=1S/C29H31F7N6O3/c30-21(31)15-45-24-3-1-2-19(39-24)27(44)41-26(17-6-9-28(32,33)10-7-17)20-14-42-22(38-20)12-18(13-37-42)25(16-4-5-16)40-23(43)8-11-29(34,35)36/h1-3,12-14,16-17,21,25-26H,4-11,15H2,(H,40,43)(H,41,44)/t25-,26+/m1/s1. The molecule has 0 aliphatic heterocycles. The molecule has 0 saturated heterocycles. The summed E-state index contributed by atoms with van der Waals surface area (Å²) in [4.78, 5) is 34.2. The number of nitrogens with zero attached hydrogens (tertiary/aromatic N) is 4. The van der Waals surface area contributed by atoms with E-state index in [1.807, 2.05) is 0 Å². The number of alkyl halides is 7. The van der Waals surface area contributed by atoms with Crippen LogP contribution < -0.4 is 15.4 Å². The number of fused-ring (bicyclic) bond motifs is 1. The van der Waals surface area contributed by atoms with Gasteiger partial charge in [-0.2, -0.15) is 18.3 Å². The molecule has 2 aliphatic carbocycles. The minimum atomic E-state index is -4.46. The normalized spacial score (nSPS) is 18.5. The third-order valence-electron chi connectivity index (χ3n) is 7.92. The van der Waals surface area contributed by atoms with Gasteiger partial charge in [-0.3, -0.25) is 9.59 Å². The molecule has 0 radical (unpaired) electrons. The van der Waals surface area contributed by atoms with Crippen LogP contribution in [0.1, 0.15) is 85.2 Å². The number of hydrogen-bond donors (Lipinski definition) is 2. The fourth-order valence-corrected chi connectivity index (χ4v) is 5.45. The number of imidazole rings is 1. The highest BCUT2D eigenvalue weighted by Gasteiger charge is 2.40. The summed E-state index contributed by atoms with van der Waals surface area (Å²) in [6, 6.07) is 4.32. The van der Waals surface area contributed by atoms with Crippen LogP contribution in [-0.2, 0) is 4.79 Å². The zero-order valence-corrected chi connectivity index (χ0v) is 23.9. The first kappa shape index (κ1) is 32.4. The molecule has 244 valence electrons. The lowest BCUT2D eigenvalue weighted by atomic mass is 9.81. The number of carbonyl (C=O) groups excluding carboxylic acids is 2. The van der Waals surface area contributed by atoms with Crippen molar-refractivity contribution in [2.24, 2.45) is 11.8 Å². The number of carbonyl (C=O) groups is 2. The molecule has 2 saturated carbocycles. The van der Waals surface area contributed by atoms with E-state index in [0.717, 1.165) is 12.8 Å². The van der Waals surface area contributed by atoms with Gasteiger partial charge < -0.3 is 15.4 Å². The third-order valence-corrected chi connectivity index (χ3v) is 7.92. The summed E-state index contributed by atoms with van der Waals surface area (Å²) in [5, 5.41) is 9.86. The van der Waals surface area contributed by atoms with Gasteiger partial charge in [-0.15, -0.1) is 0 Å². The quantitative estimate of drug-likeness (QED) is 0.235. The summed E-state index contributed by atoms with van der Waals surface area (Å²) in [7, 11) is 0. The number of halogens is 7. The molecule has 0 unspecified atom stereocenters. The summed E-state index contributed by atoms with van der Waals surface area (Å²) in [5.74, 6) is -4.84.